The first-order valence-electron chi connectivity index (χ1n) is 8.24. The monoisotopic (exact) mass is 271 g/mol. The number of hydrogen-bond donors (Lipinski definition) is 1. The maximum absolute atomic E-state index is 4.87. The highest BCUT2D eigenvalue weighted by molar-refractivity contribution is 5.43. The van der Waals surface area contributed by atoms with E-state index in [1.807, 2.05) is 0 Å². The summed E-state index contributed by atoms with van der Waals surface area (Å²) in [6.45, 7) is 5.60. The highest BCUT2D eigenvalue weighted by atomic mass is 15.2. The molecule has 0 amide bonds. The fraction of sp³-hybridized carbons (Fsp3) is 0.706. The zero-order valence-corrected chi connectivity index (χ0v) is 12.4. The van der Waals surface area contributed by atoms with E-state index in [1.54, 1.807) is 0 Å². The van der Waals surface area contributed by atoms with E-state index in [2.05, 4.69) is 29.3 Å². The molecule has 4 rings (SSSR count). The van der Waals surface area contributed by atoms with Crippen molar-refractivity contribution in [1.82, 2.24) is 10.3 Å². The van der Waals surface area contributed by atoms with Crippen LogP contribution in [0.4, 0.5) is 5.82 Å². The minimum Gasteiger partial charge on any atom is -0.356 e. The van der Waals surface area contributed by atoms with Crippen molar-refractivity contribution in [2.75, 3.05) is 18.0 Å². The highest BCUT2D eigenvalue weighted by Crippen LogP contribution is 2.39. The van der Waals surface area contributed by atoms with Crippen molar-refractivity contribution in [2.45, 2.75) is 51.6 Å². The summed E-state index contributed by atoms with van der Waals surface area (Å²) in [5, 5.41) is 3.58. The Morgan fingerprint density at radius 3 is 2.55 bits per heavy atom. The number of aryl methyl sites for hydroxylation is 1. The Kier molecular flexibility index (Phi) is 3.18. The van der Waals surface area contributed by atoms with Gasteiger partial charge in [-0.3, -0.25) is 0 Å². The molecule has 3 nitrogen and oxygen atoms in total. The van der Waals surface area contributed by atoms with E-state index in [1.165, 1.54) is 62.3 Å². The molecule has 3 aliphatic rings. The van der Waals surface area contributed by atoms with Crippen molar-refractivity contribution < 1.29 is 0 Å². The number of anilines is 1. The van der Waals surface area contributed by atoms with Crippen LogP contribution in [0.5, 0.6) is 0 Å². The highest BCUT2D eigenvalue weighted by Gasteiger charge is 2.36. The maximum atomic E-state index is 4.87. The molecule has 20 heavy (non-hydrogen) atoms. The molecule has 2 atom stereocenters. The van der Waals surface area contributed by atoms with E-state index >= 15 is 0 Å². The SMILES string of the molecule is Cc1nc(N2CC3CCCC3C2)ccc1CNC1CC1. The lowest BCUT2D eigenvalue weighted by atomic mass is 10.0. The second-order valence-electron chi connectivity index (χ2n) is 6.93. The third-order valence-electron chi connectivity index (χ3n) is 5.39. The van der Waals surface area contributed by atoms with Crippen molar-refractivity contribution in [1.29, 1.82) is 0 Å². The average Bonchev–Trinajstić information content (AvgIpc) is 3.01. The molecule has 2 saturated carbocycles. The molecule has 2 heterocycles. The lowest BCUT2D eigenvalue weighted by molar-refractivity contribution is 0.494. The summed E-state index contributed by atoms with van der Waals surface area (Å²) in [5.41, 5.74) is 2.56. The van der Waals surface area contributed by atoms with Crippen molar-refractivity contribution in [3.63, 3.8) is 0 Å². The summed E-state index contributed by atoms with van der Waals surface area (Å²) in [6.07, 6.45) is 7.01. The molecule has 0 aromatic carbocycles. The second-order valence-corrected chi connectivity index (χ2v) is 6.93. The number of nitrogens with zero attached hydrogens (tertiary/aromatic N) is 2. The molecule has 0 spiro atoms. The van der Waals surface area contributed by atoms with Crippen LogP contribution in [0.1, 0.15) is 43.4 Å². The normalized spacial score (nSPS) is 28.9. The Labute approximate surface area is 121 Å². The van der Waals surface area contributed by atoms with Crippen LogP contribution < -0.4 is 10.2 Å². The Hall–Kier alpha value is -1.09. The van der Waals surface area contributed by atoms with E-state index < -0.39 is 0 Å². The predicted octanol–water partition coefficient (Wildman–Crippen LogP) is 2.88. The average molecular weight is 271 g/mol. The topological polar surface area (TPSA) is 28.2 Å². The van der Waals surface area contributed by atoms with Crippen LogP contribution >= 0.6 is 0 Å². The Bertz CT molecular complexity index is 483. The van der Waals surface area contributed by atoms with Crippen molar-refractivity contribution >= 4 is 5.82 Å². The minimum atomic E-state index is 0.770. The van der Waals surface area contributed by atoms with Gasteiger partial charge in [0, 0.05) is 31.4 Å². The molecule has 1 N–H and O–H groups in total. The van der Waals surface area contributed by atoms with E-state index in [9.17, 15) is 0 Å². The molecule has 1 aromatic rings. The second kappa shape index (κ2) is 5.03. The molecule has 1 aromatic heterocycles. The molecule has 3 fully saturated rings. The van der Waals surface area contributed by atoms with Crippen molar-refractivity contribution in [3.05, 3.63) is 23.4 Å². The smallest absolute Gasteiger partial charge is 0.128 e. The van der Waals surface area contributed by atoms with Crippen LogP contribution in [-0.4, -0.2) is 24.1 Å². The van der Waals surface area contributed by atoms with Gasteiger partial charge < -0.3 is 10.2 Å². The van der Waals surface area contributed by atoms with Gasteiger partial charge in [-0.05, 0) is 56.1 Å². The quantitative estimate of drug-likeness (QED) is 0.912. The summed E-state index contributed by atoms with van der Waals surface area (Å²) in [6, 6.07) is 5.28. The van der Waals surface area contributed by atoms with Crippen LogP contribution in [0.2, 0.25) is 0 Å². The number of nitrogens with one attached hydrogen (secondary N) is 1. The van der Waals surface area contributed by atoms with E-state index in [0.717, 1.165) is 24.4 Å². The van der Waals surface area contributed by atoms with Gasteiger partial charge in [-0.15, -0.1) is 0 Å². The zero-order chi connectivity index (χ0) is 13.5. The minimum absolute atomic E-state index is 0.770. The Balaban J connectivity index is 1.44. The standard InChI is InChI=1S/C17H25N3/c1-12-13(9-18-16-6-7-16)5-8-17(19-12)20-10-14-3-2-4-15(14)11-20/h5,8,14-16,18H,2-4,6-7,9-11H2,1H3. The first-order valence-corrected chi connectivity index (χ1v) is 8.24. The van der Waals surface area contributed by atoms with Crippen LogP contribution in [0.25, 0.3) is 0 Å². The number of pyridine rings is 1. The van der Waals surface area contributed by atoms with Gasteiger partial charge >= 0.3 is 0 Å². The van der Waals surface area contributed by atoms with Crippen LogP contribution in [0.3, 0.4) is 0 Å². The maximum Gasteiger partial charge on any atom is 0.128 e. The van der Waals surface area contributed by atoms with Gasteiger partial charge in [0.25, 0.3) is 0 Å². The lowest BCUT2D eigenvalue weighted by Gasteiger charge is -2.19. The third-order valence-corrected chi connectivity index (χ3v) is 5.39. The largest absolute Gasteiger partial charge is 0.356 e. The van der Waals surface area contributed by atoms with Gasteiger partial charge in [-0.2, -0.15) is 0 Å². The van der Waals surface area contributed by atoms with Gasteiger partial charge in [0.1, 0.15) is 5.82 Å². The van der Waals surface area contributed by atoms with E-state index in [0.29, 0.717) is 0 Å². The van der Waals surface area contributed by atoms with Crippen molar-refractivity contribution in [2.24, 2.45) is 11.8 Å². The van der Waals surface area contributed by atoms with Crippen LogP contribution in [-0.2, 0) is 6.54 Å². The molecule has 1 aliphatic heterocycles. The Morgan fingerprint density at radius 2 is 1.90 bits per heavy atom. The van der Waals surface area contributed by atoms with Gasteiger partial charge in [-0.25, -0.2) is 4.98 Å². The van der Waals surface area contributed by atoms with Crippen LogP contribution in [0.15, 0.2) is 12.1 Å². The van der Waals surface area contributed by atoms with E-state index in [-0.39, 0.29) is 0 Å². The van der Waals surface area contributed by atoms with Crippen LogP contribution in [0, 0.1) is 18.8 Å². The number of fused-ring (bicyclic) bond motifs is 1. The first-order chi connectivity index (χ1) is 9.79. The van der Waals surface area contributed by atoms with Gasteiger partial charge in [0.05, 0.1) is 0 Å². The molecular formula is C17H25N3. The lowest BCUT2D eigenvalue weighted by Crippen LogP contribution is -2.23. The van der Waals surface area contributed by atoms with Gasteiger partial charge in [0.15, 0.2) is 0 Å². The Morgan fingerprint density at radius 1 is 1.15 bits per heavy atom. The molecule has 2 unspecified atom stereocenters. The molecular weight excluding hydrogens is 246 g/mol. The molecule has 0 bridgehead atoms. The molecule has 3 heteroatoms. The van der Waals surface area contributed by atoms with Gasteiger partial charge in [-0.1, -0.05) is 12.5 Å². The van der Waals surface area contributed by atoms with E-state index in [4.69, 9.17) is 4.98 Å². The summed E-state index contributed by atoms with van der Waals surface area (Å²) in [5.74, 6) is 3.08. The summed E-state index contributed by atoms with van der Waals surface area (Å²) in [7, 11) is 0. The number of aromatic nitrogens is 1. The third kappa shape index (κ3) is 2.44. The predicted molar refractivity (Wildman–Crippen MR) is 81.9 cm³/mol. The summed E-state index contributed by atoms with van der Waals surface area (Å²) >= 11 is 0. The molecule has 2 aliphatic carbocycles. The molecule has 108 valence electrons. The fourth-order valence-electron chi connectivity index (χ4n) is 3.90. The molecule has 0 radical (unpaired) electrons. The summed E-state index contributed by atoms with van der Waals surface area (Å²) in [4.78, 5) is 7.38. The summed E-state index contributed by atoms with van der Waals surface area (Å²) < 4.78 is 0. The molecule has 1 saturated heterocycles. The van der Waals surface area contributed by atoms with Crippen molar-refractivity contribution in [3.8, 4) is 0 Å². The number of rotatable bonds is 4. The number of hydrogen-bond acceptors (Lipinski definition) is 3. The van der Waals surface area contributed by atoms with Gasteiger partial charge in [0.2, 0.25) is 0 Å². The first kappa shape index (κ1) is 12.6. The fourth-order valence-corrected chi connectivity index (χ4v) is 3.90. The zero-order valence-electron chi connectivity index (χ0n) is 12.4.